The summed E-state index contributed by atoms with van der Waals surface area (Å²) in [4.78, 5) is 49.8. The zero-order valence-electron chi connectivity index (χ0n) is 26.5. The van der Waals surface area contributed by atoms with Crippen LogP contribution in [0.3, 0.4) is 0 Å². The molecule has 19 heteroatoms. The first-order valence-electron chi connectivity index (χ1n) is 15.6. The van der Waals surface area contributed by atoms with Crippen LogP contribution in [-0.2, 0) is 38.1 Å². The van der Waals surface area contributed by atoms with Crippen LogP contribution in [0.4, 0.5) is 0 Å². The summed E-state index contributed by atoms with van der Waals surface area (Å²) in [5.41, 5.74) is 0. The van der Waals surface area contributed by atoms with E-state index in [0.717, 1.165) is 0 Å². The fraction of sp³-hybridized carbons (Fsp3) is 0.857. The predicted molar refractivity (Wildman–Crippen MR) is 158 cm³/mol. The number of hydrogen-bond acceptors (Lipinski definition) is 15. The lowest BCUT2D eigenvalue weighted by Gasteiger charge is -2.39. The molecular weight excluding hydrogens is 632 g/mol. The molecule has 11 atom stereocenters. The Bertz CT molecular complexity index is 992. The number of aliphatic hydroxyl groups is 7. The molecule has 0 unspecified atom stereocenters. The summed E-state index contributed by atoms with van der Waals surface area (Å²) in [6.07, 6.45) is -13.3. The van der Waals surface area contributed by atoms with Crippen molar-refractivity contribution in [3.8, 4) is 0 Å². The smallest absolute Gasteiger partial charge is 0.243 e. The Hall–Kier alpha value is -2.56. The highest BCUT2D eigenvalue weighted by Crippen LogP contribution is 2.22. The molecule has 47 heavy (non-hydrogen) atoms. The molecule has 4 amide bonds. The third kappa shape index (κ3) is 13.1. The number of carbonyl (C=O) groups is 4. The standard InChI is InChI=1S/C28H50N4O15/c1-3-29-17(34)6-4-5-7-18(35)32-15(12-19(36)30-8-10-44-27-24(41)22(39)20(37)14(2)46-27)26(43)31-9-11-45-28-25(42)23(40)21(38)16(13-33)47-28/h14-16,20-25,27-28,33,37-42H,3-13H2,1-2H3,(H,29,34)(H,30,36)(H,31,43)(H,32,35)/t14-,15-,16+,20+,21+,22+,23-,24-,25-,27+,28-/m0/s1. The van der Waals surface area contributed by atoms with Crippen LogP contribution < -0.4 is 21.3 Å². The van der Waals surface area contributed by atoms with Crippen molar-refractivity contribution in [1.82, 2.24) is 21.3 Å². The van der Waals surface area contributed by atoms with Crippen LogP contribution in [0.2, 0.25) is 0 Å². The lowest BCUT2D eigenvalue weighted by molar-refractivity contribution is -0.300. The number of hydrogen-bond donors (Lipinski definition) is 11. The molecule has 2 aliphatic rings. The summed E-state index contributed by atoms with van der Waals surface area (Å²) < 4.78 is 21.3. The second kappa shape index (κ2) is 20.7. The van der Waals surface area contributed by atoms with Gasteiger partial charge in [-0.05, 0) is 26.7 Å². The molecule has 2 heterocycles. The molecule has 2 aliphatic heterocycles. The first-order chi connectivity index (χ1) is 22.3. The first-order valence-corrected chi connectivity index (χ1v) is 15.6. The maximum atomic E-state index is 13.0. The molecule has 0 aromatic heterocycles. The minimum absolute atomic E-state index is 0.0124. The van der Waals surface area contributed by atoms with E-state index in [2.05, 4.69) is 21.3 Å². The fourth-order valence-corrected chi connectivity index (χ4v) is 4.78. The molecule has 0 saturated carbocycles. The van der Waals surface area contributed by atoms with Gasteiger partial charge in [-0.25, -0.2) is 0 Å². The van der Waals surface area contributed by atoms with Gasteiger partial charge in [-0.15, -0.1) is 0 Å². The number of nitrogens with one attached hydrogen (secondary N) is 4. The molecular formula is C28H50N4O15. The Balaban J connectivity index is 1.87. The molecule has 0 radical (unpaired) electrons. The zero-order chi connectivity index (χ0) is 35.1. The van der Waals surface area contributed by atoms with Crippen molar-refractivity contribution >= 4 is 23.6 Å². The van der Waals surface area contributed by atoms with E-state index in [1.807, 2.05) is 0 Å². The van der Waals surface area contributed by atoms with E-state index < -0.39 is 98.2 Å². The van der Waals surface area contributed by atoms with Gasteiger partial charge in [-0.2, -0.15) is 0 Å². The highest BCUT2D eigenvalue weighted by Gasteiger charge is 2.44. The average Bonchev–Trinajstić information content (AvgIpc) is 3.04. The molecule has 0 bridgehead atoms. The quantitative estimate of drug-likeness (QED) is 0.0567. The van der Waals surface area contributed by atoms with Crippen molar-refractivity contribution in [2.24, 2.45) is 0 Å². The van der Waals surface area contributed by atoms with Crippen molar-refractivity contribution in [2.75, 3.05) is 39.5 Å². The largest absolute Gasteiger partial charge is 0.394 e. The van der Waals surface area contributed by atoms with E-state index in [1.165, 1.54) is 6.92 Å². The Morgan fingerprint density at radius 2 is 1.26 bits per heavy atom. The van der Waals surface area contributed by atoms with Crippen molar-refractivity contribution < 1.29 is 73.9 Å². The first kappa shape index (κ1) is 40.6. The second-order valence-corrected chi connectivity index (χ2v) is 11.2. The molecule has 0 aliphatic carbocycles. The predicted octanol–water partition coefficient (Wildman–Crippen LogP) is -5.55. The molecule has 0 spiro atoms. The van der Waals surface area contributed by atoms with Crippen LogP contribution in [0.25, 0.3) is 0 Å². The minimum atomic E-state index is -1.65. The number of rotatable bonds is 19. The van der Waals surface area contributed by atoms with Gasteiger partial charge in [0.25, 0.3) is 0 Å². The number of amides is 4. The third-order valence-electron chi connectivity index (χ3n) is 7.52. The molecule has 11 N–H and O–H groups in total. The highest BCUT2D eigenvalue weighted by molar-refractivity contribution is 5.92. The Morgan fingerprint density at radius 3 is 1.85 bits per heavy atom. The molecule has 19 nitrogen and oxygen atoms in total. The van der Waals surface area contributed by atoms with E-state index in [1.54, 1.807) is 6.92 Å². The SMILES string of the molecule is CCNC(=O)CCCCC(=O)N[C@@H](CC(=O)NCCO[C@@H]1O[C@@H](C)[C@@H](O)[C@@H](O)[C@@H]1O)C(=O)NCCO[C@H]1O[C@H](CO)[C@@H](O)[C@H](O)[C@@H]1O. The van der Waals surface area contributed by atoms with Gasteiger partial charge in [0.2, 0.25) is 23.6 Å². The van der Waals surface area contributed by atoms with Crippen LogP contribution >= 0.6 is 0 Å². The lowest BCUT2D eigenvalue weighted by Crippen LogP contribution is -2.59. The molecule has 0 aromatic rings. The number of carbonyl (C=O) groups excluding carboxylic acids is 4. The number of aliphatic hydroxyl groups excluding tert-OH is 7. The van der Waals surface area contributed by atoms with E-state index in [9.17, 15) is 54.9 Å². The Kier molecular flexibility index (Phi) is 17.9. The van der Waals surface area contributed by atoms with Crippen LogP contribution in [0.1, 0.15) is 46.0 Å². The summed E-state index contributed by atoms with van der Waals surface area (Å²) >= 11 is 0. The van der Waals surface area contributed by atoms with Crippen LogP contribution in [0.5, 0.6) is 0 Å². The minimum Gasteiger partial charge on any atom is -0.394 e. The molecule has 0 aromatic carbocycles. The molecule has 2 fully saturated rings. The molecule has 272 valence electrons. The van der Waals surface area contributed by atoms with Gasteiger partial charge >= 0.3 is 0 Å². The van der Waals surface area contributed by atoms with Crippen molar-refractivity contribution in [2.45, 2.75) is 113 Å². The number of unbranched alkanes of at least 4 members (excludes halogenated alkanes) is 1. The summed E-state index contributed by atoms with van der Waals surface area (Å²) in [6.45, 7) is 2.44. The molecule has 2 saturated heterocycles. The topological polar surface area (TPSA) is 295 Å². The molecule has 2 rings (SSSR count). The monoisotopic (exact) mass is 682 g/mol. The van der Waals surface area contributed by atoms with E-state index in [0.29, 0.717) is 19.4 Å². The maximum Gasteiger partial charge on any atom is 0.243 e. The Morgan fingerprint density at radius 1 is 0.702 bits per heavy atom. The van der Waals surface area contributed by atoms with Crippen LogP contribution in [0.15, 0.2) is 0 Å². The van der Waals surface area contributed by atoms with Gasteiger partial charge in [0.15, 0.2) is 12.6 Å². The van der Waals surface area contributed by atoms with Crippen molar-refractivity contribution in [3.63, 3.8) is 0 Å². The van der Waals surface area contributed by atoms with Gasteiger partial charge in [0, 0.05) is 32.5 Å². The van der Waals surface area contributed by atoms with Crippen molar-refractivity contribution in [3.05, 3.63) is 0 Å². The normalized spacial score (nSPS) is 31.4. The lowest BCUT2D eigenvalue weighted by atomic mass is 9.99. The van der Waals surface area contributed by atoms with Gasteiger partial charge < -0.3 is 76.0 Å². The summed E-state index contributed by atoms with van der Waals surface area (Å²) in [5.74, 6) is -2.07. The van der Waals surface area contributed by atoms with Gasteiger partial charge in [-0.3, -0.25) is 19.2 Å². The van der Waals surface area contributed by atoms with E-state index in [-0.39, 0.29) is 45.1 Å². The average molecular weight is 683 g/mol. The third-order valence-corrected chi connectivity index (χ3v) is 7.52. The number of ether oxygens (including phenoxy) is 4. The van der Waals surface area contributed by atoms with Gasteiger partial charge in [0.05, 0.1) is 32.3 Å². The van der Waals surface area contributed by atoms with E-state index >= 15 is 0 Å². The second-order valence-electron chi connectivity index (χ2n) is 11.2. The van der Waals surface area contributed by atoms with Gasteiger partial charge in [0.1, 0.15) is 48.8 Å². The van der Waals surface area contributed by atoms with Crippen molar-refractivity contribution in [1.29, 1.82) is 0 Å². The highest BCUT2D eigenvalue weighted by atomic mass is 16.7. The van der Waals surface area contributed by atoms with Crippen LogP contribution in [0, 0.1) is 0 Å². The van der Waals surface area contributed by atoms with Crippen LogP contribution in [-0.4, -0.2) is 166 Å². The zero-order valence-corrected chi connectivity index (χ0v) is 26.5. The van der Waals surface area contributed by atoms with E-state index in [4.69, 9.17) is 18.9 Å². The summed E-state index contributed by atoms with van der Waals surface area (Å²) in [7, 11) is 0. The maximum absolute atomic E-state index is 13.0. The summed E-state index contributed by atoms with van der Waals surface area (Å²) in [5, 5.41) is 79.0. The van der Waals surface area contributed by atoms with Gasteiger partial charge in [-0.1, -0.05) is 0 Å². The fourth-order valence-electron chi connectivity index (χ4n) is 4.78. The Labute approximate surface area is 271 Å². The summed E-state index contributed by atoms with van der Waals surface area (Å²) in [6, 6.07) is -1.32.